The number of fused-ring (bicyclic) bond motifs is 1. The topological polar surface area (TPSA) is 238 Å². The lowest BCUT2D eigenvalue weighted by atomic mass is 10.0. The molecule has 3 aliphatic heterocycles. The number of ether oxygens (including phenoxy) is 8. The number of unbranched alkanes of at least 4 members (excludes halogenated alkanes) is 1. The summed E-state index contributed by atoms with van der Waals surface area (Å²) >= 11 is 0. The van der Waals surface area contributed by atoms with Crippen LogP contribution in [0.15, 0.2) is 36.5 Å². The summed E-state index contributed by atoms with van der Waals surface area (Å²) in [5.41, 5.74) is 0.310. The maximum absolute atomic E-state index is 13.8. The second-order valence-corrected chi connectivity index (χ2v) is 17.8. The molecule has 4 amide bonds. The molecule has 3 saturated heterocycles. The maximum atomic E-state index is 13.8. The molecule has 3 aliphatic rings. The van der Waals surface area contributed by atoms with E-state index in [0.717, 1.165) is 5.56 Å². The van der Waals surface area contributed by atoms with Crippen molar-refractivity contribution in [3.8, 4) is 0 Å². The summed E-state index contributed by atoms with van der Waals surface area (Å²) in [5, 5.41) is 19.2. The predicted octanol–water partition coefficient (Wildman–Crippen LogP) is 3.18. The Morgan fingerprint density at radius 3 is 2.21 bits per heavy atom. The van der Waals surface area contributed by atoms with Gasteiger partial charge in [0.05, 0.1) is 19.9 Å². The molecule has 5 rings (SSSR count). The first-order valence-electron chi connectivity index (χ1n) is 21.0. The number of hydrogen-bond donors (Lipinski definition) is 4. The Bertz CT molecular complexity index is 1850. The average Bonchev–Trinajstić information content (AvgIpc) is 3.96. The number of nitrogens with one attached hydrogen (secondary N) is 4. The first-order valence-corrected chi connectivity index (χ1v) is 21.0. The quantitative estimate of drug-likeness (QED) is 0.0956. The van der Waals surface area contributed by atoms with Gasteiger partial charge in [0.1, 0.15) is 60.4 Å². The highest BCUT2D eigenvalue weighted by Gasteiger charge is 2.60. The zero-order chi connectivity index (χ0) is 45.4. The lowest BCUT2D eigenvalue weighted by Gasteiger charge is -2.27. The van der Waals surface area contributed by atoms with E-state index in [2.05, 4.69) is 31.6 Å². The molecule has 0 saturated carbocycles. The van der Waals surface area contributed by atoms with Gasteiger partial charge < -0.3 is 59.2 Å². The summed E-state index contributed by atoms with van der Waals surface area (Å²) in [5.74, 6) is -3.82. The van der Waals surface area contributed by atoms with E-state index in [9.17, 15) is 24.0 Å². The van der Waals surface area contributed by atoms with Crippen LogP contribution in [0.2, 0.25) is 0 Å². The fraction of sp³-hybridized carbons (Fsp3) is 0.690. The Kier molecular flexibility index (Phi) is 15.9. The molecule has 1 aromatic heterocycles. The lowest BCUT2D eigenvalue weighted by Crippen LogP contribution is -2.57. The van der Waals surface area contributed by atoms with Crippen molar-refractivity contribution in [2.45, 2.75) is 161 Å². The van der Waals surface area contributed by atoms with Gasteiger partial charge in [-0.05, 0) is 79.2 Å². The summed E-state index contributed by atoms with van der Waals surface area (Å²) in [6.45, 7) is 16.3. The van der Waals surface area contributed by atoms with Gasteiger partial charge >= 0.3 is 18.2 Å². The van der Waals surface area contributed by atoms with Crippen LogP contribution in [0.4, 0.5) is 9.59 Å². The largest absolute Gasteiger partial charge is 0.467 e. The second-order valence-electron chi connectivity index (χ2n) is 17.8. The molecule has 2 aromatic rings. The molecule has 8 atom stereocenters. The van der Waals surface area contributed by atoms with Crippen LogP contribution in [-0.2, 0) is 65.3 Å². The normalized spacial score (nSPS) is 24.0. The van der Waals surface area contributed by atoms with Gasteiger partial charge in [-0.2, -0.15) is 0 Å². The Morgan fingerprint density at radius 2 is 1.56 bits per heavy atom. The minimum absolute atomic E-state index is 0.112. The molecule has 20 heteroatoms. The van der Waals surface area contributed by atoms with Gasteiger partial charge in [-0.25, -0.2) is 19.1 Å². The summed E-state index contributed by atoms with van der Waals surface area (Å²) in [7, 11) is 1.22. The zero-order valence-corrected chi connectivity index (χ0v) is 37.3. The average molecular weight is 874 g/mol. The van der Waals surface area contributed by atoms with E-state index in [4.69, 9.17) is 37.9 Å². The van der Waals surface area contributed by atoms with Gasteiger partial charge in [-0.1, -0.05) is 49.4 Å². The van der Waals surface area contributed by atoms with E-state index < -0.39 is 89.8 Å². The summed E-state index contributed by atoms with van der Waals surface area (Å²) in [6, 6.07) is 5.87. The first-order chi connectivity index (χ1) is 29.1. The van der Waals surface area contributed by atoms with E-state index >= 15 is 0 Å². The minimum Gasteiger partial charge on any atom is -0.467 e. The fourth-order valence-corrected chi connectivity index (χ4v) is 7.28. The van der Waals surface area contributed by atoms with Crippen molar-refractivity contribution in [1.82, 2.24) is 36.3 Å². The molecule has 1 aromatic carbocycles. The zero-order valence-electron chi connectivity index (χ0n) is 37.3. The van der Waals surface area contributed by atoms with Gasteiger partial charge in [0.2, 0.25) is 11.8 Å². The number of aromatic nitrogens is 3. The predicted molar refractivity (Wildman–Crippen MR) is 219 cm³/mol. The molecular weight excluding hydrogens is 810 g/mol. The molecule has 344 valence electrons. The number of amides is 4. The smallest absolute Gasteiger partial charge is 0.408 e. The molecule has 0 bridgehead atoms. The highest BCUT2D eigenvalue weighted by atomic mass is 16.8. The molecule has 0 radical (unpaired) electrons. The van der Waals surface area contributed by atoms with Gasteiger partial charge in [-0.15, -0.1) is 5.10 Å². The molecule has 0 spiro atoms. The van der Waals surface area contributed by atoms with Crippen LogP contribution in [0.5, 0.6) is 0 Å². The van der Waals surface area contributed by atoms with Gasteiger partial charge in [-0.3, -0.25) is 9.59 Å². The van der Waals surface area contributed by atoms with Crippen molar-refractivity contribution < 1.29 is 61.9 Å². The molecular formula is C42H63N7O13. The van der Waals surface area contributed by atoms with Gasteiger partial charge in [0.25, 0.3) is 0 Å². The van der Waals surface area contributed by atoms with E-state index in [1.807, 2.05) is 58.0 Å². The van der Waals surface area contributed by atoms with E-state index in [0.29, 0.717) is 25.1 Å². The van der Waals surface area contributed by atoms with Crippen LogP contribution in [-0.4, -0.2) is 125 Å². The number of nitrogens with zero attached hydrogens (tertiary/aromatic N) is 3. The number of rotatable bonds is 18. The number of benzene rings is 1. The number of carbonyl (C=O) groups is 5. The van der Waals surface area contributed by atoms with E-state index in [-0.39, 0.29) is 38.0 Å². The fourth-order valence-electron chi connectivity index (χ4n) is 7.28. The standard InChI is InChI=1S/C42H63N7O13/c1-24(2)30(37(52)55-10)46-34(50)27(44-35(51)28(20-25-16-12-11-13-17-25)45-39(54)62-40(3,4)5)18-14-15-19-43-38(53)56-22-26-21-49(48-47-26)36-33-32(60-42(8,9)61-33)31(58-36)29-23-57-41(6,7)59-29/h11-13,16-17,21,24,27-33,36H,14-15,18-20,22-23H2,1-10H3,(H,43,53)(H,44,51)(H,45,54)(H,46,50)/t27-,28-,29-,30-,31+,32-,33-,36+/m0/s1. The number of carbonyl (C=O) groups excluding carboxylic acids is 5. The Labute approximate surface area is 362 Å². The maximum Gasteiger partial charge on any atom is 0.408 e. The number of hydrogen-bond acceptors (Lipinski definition) is 15. The summed E-state index contributed by atoms with van der Waals surface area (Å²) < 4.78 is 47.8. The molecule has 0 unspecified atom stereocenters. The van der Waals surface area contributed by atoms with Crippen LogP contribution in [0, 0.1) is 5.92 Å². The van der Waals surface area contributed by atoms with Crippen molar-refractivity contribution in [2.24, 2.45) is 5.92 Å². The number of methoxy groups -OCH3 is 1. The van der Waals surface area contributed by atoms with Crippen LogP contribution in [0.1, 0.15) is 99.1 Å². The summed E-state index contributed by atoms with van der Waals surface area (Å²) in [6.07, 6.45) is -1.39. The lowest BCUT2D eigenvalue weighted by molar-refractivity contribution is -0.216. The van der Waals surface area contributed by atoms with Crippen LogP contribution >= 0.6 is 0 Å². The first kappa shape index (κ1) is 48.1. The van der Waals surface area contributed by atoms with Crippen LogP contribution in [0.3, 0.4) is 0 Å². The number of esters is 1. The van der Waals surface area contributed by atoms with Gasteiger partial charge in [0, 0.05) is 13.0 Å². The molecule has 62 heavy (non-hydrogen) atoms. The highest BCUT2D eigenvalue weighted by Crippen LogP contribution is 2.45. The van der Waals surface area contributed by atoms with Crippen LogP contribution in [0.25, 0.3) is 0 Å². The van der Waals surface area contributed by atoms with E-state index in [1.54, 1.807) is 40.8 Å². The third kappa shape index (κ3) is 13.6. The van der Waals surface area contributed by atoms with Crippen molar-refractivity contribution >= 4 is 30.0 Å². The molecule has 20 nitrogen and oxygen atoms in total. The molecule has 4 N–H and O–H groups in total. The third-order valence-corrected chi connectivity index (χ3v) is 10.2. The SMILES string of the molecule is COC(=O)[C@@H](NC(=O)[C@H](CCCCNC(=O)OCc1cn([C@@H]2O[C@H]([C@@H]3COC(C)(C)O3)[C@@H]3OC(C)(C)O[C@@H]32)nn1)NC(=O)[C@H](Cc1ccccc1)NC(=O)OC(C)(C)C)C(C)C. The minimum atomic E-state index is -1.12. The Balaban J connectivity index is 1.14. The highest BCUT2D eigenvalue weighted by molar-refractivity contribution is 5.93. The van der Waals surface area contributed by atoms with Crippen LogP contribution < -0.4 is 21.3 Å². The van der Waals surface area contributed by atoms with Crippen molar-refractivity contribution in [1.29, 1.82) is 0 Å². The second kappa shape index (κ2) is 20.5. The van der Waals surface area contributed by atoms with Crippen molar-refractivity contribution in [3.63, 3.8) is 0 Å². The van der Waals surface area contributed by atoms with Gasteiger partial charge in [0.15, 0.2) is 17.8 Å². The monoisotopic (exact) mass is 873 g/mol. The Hall–Kier alpha value is -4.89. The molecule has 0 aliphatic carbocycles. The molecule has 4 heterocycles. The van der Waals surface area contributed by atoms with Crippen molar-refractivity contribution in [2.75, 3.05) is 20.3 Å². The Morgan fingerprint density at radius 1 is 0.871 bits per heavy atom. The van der Waals surface area contributed by atoms with Crippen molar-refractivity contribution in [3.05, 3.63) is 47.8 Å². The number of alkyl carbamates (subject to hydrolysis) is 2. The molecule has 3 fully saturated rings. The third-order valence-electron chi connectivity index (χ3n) is 10.2. The summed E-state index contributed by atoms with van der Waals surface area (Å²) in [4.78, 5) is 65.5. The van der Waals surface area contributed by atoms with E-state index in [1.165, 1.54) is 11.8 Å².